The van der Waals surface area contributed by atoms with Crippen molar-refractivity contribution in [1.82, 2.24) is 0 Å². The second kappa shape index (κ2) is 11.8. The summed E-state index contributed by atoms with van der Waals surface area (Å²) in [5, 5.41) is 0.325. The summed E-state index contributed by atoms with van der Waals surface area (Å²) in [5.74, 6) is 0.415. The number of carbonyl (C=O) groups excluding carboxylic acids is 1. The van der Waals surface area contributed by atoms with Crippen molar-refractivity contribution >= 4 is 16.9 Å². The number of hydrogen-bond donors (Lipinski definition) is 0. The van der Waals surface area contributed by atoms with Crippen LogP contribution in [0.4, 0.5) is 0 Å². The van der Waals surface area contributed by atoms with Crippen molar-refractivity contribution in [2.45, 2.75) is 12.8 Å². The lowest BCUT2D eigenvalue weighted by Gasteiger charge is -2.10. The van der Waals surface area contributed by atoms with Gasteiger partial charge in [0, 0.05) is 6.07 Å². The molecule has 0 unspecified atom stereocenters. The molecule has 200 valence electrons. The zero-order valence-electron chi connectivity index (χ0n) is 22.2. The molecule has 1 heterocycles. The van der Waals surface area contributed by atoms with Gasteiger partial charge >= 0.3 is 5.97 Å². The minimum atomic E-state index is -0.464. The number of benzene rings is 5. The van der Waals surface area contributed by atoms with Crippen molar-refractivity contribution in [2.24, 2.45) is 0 Å². The number of fused-ring (bicyclic) bond motifs is 1. The first-order valence-corrected chi connectivity index (χ1v) is 13.4. The lowest BCUT2D eigenvalue weighted by Crippen LogP contribution is -2.12. The predicted octanol–water partition coefficient (Wildman–Crippen LogP) is 8.26. The molecule has 0 saturated heterocycles. The molecule has 0 N–H and O–H groups in total. The second-order valence-electron chi connectivity index (χ2n) is 9.61. The third-order valence-corrected chi connectivity index (χ3v) is 6.88. The summed E-state index contributed by atoms with van der Waals surface area (Å²) in [6, 6.07) is 39.8. The van der Waals surface area contributed by atoms with Gasteiger partial charge in [0.15, 0.2) is 0 Å². The van der Waals surface area contributed by atoms with Gasteiger partial charge in [0.1, 0.15) is 23.3 Å². The van der Waals surface area contributed by atoms with Crippen LogP contribution in [0.1, 0.15) is 21.5 Å². The smallest absolute Gasteiger partial charge is 0.343 e. The highest BCUT2D eigenvalue weighted by Gasteiger charge is 2.16. The van der Waals surface area contributed by atoms with Crippen LogP contribution in [0.3, 0.4) is 0 Å². The monoisotopic (exact) mass is 538 g/mol. The topological polar surface area (TPSA) is 65.7 Å². The molecule has 0 amide bonds. The lowest BCUT2D eigenvalue weighted by atomic mass is 10.00. The summed E-state index contributed by atoms with van der Waals surface area (Å²) in [6.45, 7) is 0. The van der Waals surface area contributed by atoms with Gasteiger partial charge < -0.3 is 13.9 Å². The van der Waals surface area contributed by atoms with Gasteiger partial charge in [-0.25, -0.2) is 4.79 Å². The Morgan fingerprint density at radius 2 is 1.32 bits per heavy atom. The van der Waals surface area contributed by atoms with Gasteiger partial charge in [-0.2, -0.15) is 0 Å². The van der Waals surface area contributed by atoms with E-state index in [9.17, 15) is 9.59 Å². The molecule has 5 nitrogen and oxygen atoms in total. The van der Waals surface area contributed by atoms with Gasteiger partial charge in [-0.15, -0.1) is 0 Å². The molecule has 0 aliphatic heterocycles. The molecule has 1 aromatic heterocycles. The van der Waals surface area contributed by atoms with E-state index in [1.165, 1.54) is 11.8 Å². The maximum absolute atomic E-state index is 13.1. The van der Waals surface area contributed by atoms with Gasteiger partial charge in [0.2, 0.25) is 11.2 Å². The van der Waals surface area contributed by atoms with Crippen molar-refractivity contribution in [1.29, 1.82) is 0 Å². The molecule has 5 aromatic carbocycles. The fraction of sp³-hybridized carbons (Fsp3) is 0.0556. The standard InChI is InChI=1S/C36H26O5/c37-35-32-22-21-30(41-36(38)31-14-8-7-13-28(31)16-15-25-9-3-1-4-10-25)23-33(32)39-24-34(35)40-29-19-17-27(18-20-29)26-11-5-2-6-12-26/h1-14,17-24H,15-16H2. The van der Waals surface area contributed by atoms with Crippen LogP contribution in [-0.4, -0.2) is 5.97 Å². The third-order valence-electron chi connectivity index (χ3n) is 6.88. The molecule has 0 radical (unpaired) electrons. The highest BCUT2D eigenvalue weighted by Crippen LogP contribution is 2.27. The lowest BCUT2D eigenvalue weighted by molar-refractivity contribution is 0.0733. The summed E-state index contributed by atoms with van der Waals surface area (Å²) in [7, 11) is 0. The van der Waals surface area contributed by atoms with Crippen LogP contribution < -0.4 is 14.9 Å². The number of carbonyl (C=O) groups is 1. The van der Waals surface area contributed by atoms with E-state index in [1.54, 1.807) is 24.3 Å². The maximum Gasteiger partial charge on any atom is 0.343 e. The molecule has 6 rings (SSSR count). The van der Waals surface area contributed by atoms with E-state index in [1.807, 2.05) is 91.0 Å². The minimum Gasteiger partial charge on any atom is -0.460 e. The molecule has 0 atom stereocenters. The summed E-state index contributed by atoms with van der Waals surface area (Å²) >= 11 is 0. The van der Waals surface area contributed by atoms with E-state index < -0.39 is 5.97 Å². The van der Waals surface area contributed by atoms with Crippen LogP contribution in [0, 0.1) is 0 Å². The van der Waals surface area contributed by atoms with Crippen molar-refractivity contribution < 1.29 is 18.7 Å². The van der Waals surface area contributed by atoms with E-state index in [2.05, 4.69) is 12.1 Å². The second-order valence-corrected chi connectivity index (χ2v) is 9.61. The normalized spacial score (nSPS) is 10.8. The van der Waals surface area contributed by atoms with Crippen LogP contribution >= 0.6 is 0 Å². The van der Waals surface area contributed by atoms with Crippen molar-refractivity contribution in [3.8, 4) is 28.4 Å². The fourth-order valence-corrected chi connectivity index (χ4v) is 4.72. The van der Waals surface area contributed by atoms with Crippen molar-refractivity contribution in [3.63, 3.8) is 0 Å². The number of aryl methyl sites for hydroxylation is 2. The van der Waals surface area contributed by atoms with Gasteiger partial charge in [0.05, 0.1) is 10.9 Å². The molecule has 6 aromatic rings. The summed E-state index contributed by atoms with van der Waals surface area (Å²) in [6.07, 6.45) is 2.80. The highest BCUT2D eigenvalue weighted by molar-refractivity contribution is 5.93. The van der Waals surface area contributed by atoms with E-state index in [4.69, 9.17) is 13.9 Å². The average molecular weight is 539 g/mol. The molecule has 5 heteroatoms. The van der Waals surface area contributed by atoms with Crippen molar-refractivity contribution in [3.05, 3.63) is 161 Å². The van der Waals surface area contributed by atoms with Gasteiger partial charge in [0.25, 0.3) is 0 Å². The Kier molecular flexibility index (Phi) is 7.41. The van der Waals surface area contributed by atoms with Crippen LogP contribution in [0.15, 0.2) is 143 Å². The van der Waals surface area contributed by atoms with E-state index >= 15 is 0 Å². The number of hydrogen-bond acceptors (Lipinski definition) is 5. The Labute approximate surface area is 237 Å². The number of rotatable bonds is 8. The van der Waals surface area contributed by atoms with E-state index in [0.29, 0.717) is 28.7 Å². The number of ether oxygens (including phenoxy) is 2. The van der Waals surface area contributed by atoms with Crippen LogP contribution in [0.2, 0.25) is 0 Å². The van der Waals surface area contributed by atoms with Crippen LogP contribution in [-0.2, 0) is 12.8 Å². The number of esters is 1. The summed E-state index contributed by atoms with van der Waals surface area (Å²) in [5.41, 5.74) is 4.74. The Morgan fingerprint density at radius 3 is 2.10 bits per heavy atom. The van der Waals surface area contributed by atoms with E-state index in [-0.39, 0.29) is 16.9 Å². The molecule has 41 heavy (non-hydrogen) atoms. The molecule has 0 aliphatic carbocycles. The quantitative estimate of drug-likeness (QED) is 0.144. The van der Waals surface area contributed by atoms with Crippen LogP contribution in [0.5, 0.6) is 17.2 Å². The summed E-state index contributed by atoms with van der Waals surface area (Å²) in [4.78, 5) is 26.2. The molecule has 0 aliphatic rings. The molecule has 0 saturated carbocycles. The average Bonchev–Trinajstić information content (AvgIpc) is 3.03. The fourth-order valence-electron chi connectivity index (χ4n) is 4.72. The first-order valence-electron chi connectivity index (χ1n) is 13.4. The largest absolute Gasteiger partial charge is 0.460 e. The molecule has 0 fully saturated rings. The Hall–Kier alpha value is -5.42. The maximum atomic E-state index is 13.1. The minimum absolute atomic E-state index is 0.0713. The Balaban J connectivity index is 1.16. The molecule has 0 bridgehead atoms. The van der Waals surface area contributed by atoms with E-state index in [0.717, 1.165) is 23.1 Å². The Morgan fingerprint density at radius 1 is 0.659 bits per heavy atom. The third kappa shape index (κ3) is 5.94. The van der Waals surface area contributed by atoms with Crippen molar-refractivity contribution in [2.75, 3.05) is 0 Å². The first kappa shape index (κ1) is 25.8. The van der Waals surface area contributed by atoms with Gasteiger partial charge in [-0.1, -0.05) is 91.0 Å². The zero-order chi connectivity index (χ0) is 28.0. The van der Waals surface area contributed by atoms with Gasteiger partial charge in [-0.05, 0) is 65.4 Å². The van der Waals surface area contributed by atoms with Gasteiger partial charge in [-0.3, -0.25) is 4.79 Å². The van der Waals surface area contributed by atoms with Crippen LogP contribution in [0.25, 0.3) is 22.1 Å². The Bertz CT molecular complexity index is 1860. The first-order chi connectivity index (χ1) is 20.1. The zero-order valence-corrected chi connectivity index (χ0v) is 22.2. The molecular weight excluding hydrogens is 512 g/mol. The molecule has 0 spiro atoms. The molecular formula is C36H26O5. The highest BCUT2D eigenvalue weighted by atomic mass is 16.5. The SMILES string of the molecule is O=C(Oc1ccc2c(=O)c(Oc3ccc(-c4ccccc4)cc3)coc2c1)c1ccccc1CCc1ccccc1. The predicted molar refractivity (Wildman–Crippen MR) is 160 cm³/mol. The summed E-state index contributed by atoms with van der Waals surface area (Å²) < 4.78 is 17.2.